The van der Waals surface area contributed by atoms with E-state index in [0.717, 1.165) is 31.8 Å². The first-order valence-corrected chi connectivity index (χ1v) is 10.9. The summed E-state index contributed by atoms with van der Waals surface area (Å²) in [7, 11) is 0. The van der Waals surface area contributed by atoms with Gasteiger partial charge in [-0.3, -0.25) is 4.90 Å². The van der Waals surface area contributed by atoms with Crippen molar-refractivity contribution in [2.24, 2.45) is 11.8 Å². The zero-order valence-electron chi connectivity index (χ0n) is 17.1. The minimum Gasteiger partial charge on any atom is -0.338 e. The van der Waals surface area contributed by atoms with Crippen molar-refractivity contribution in [3.63, 3.8) is 0 Å². The predicted octanol–water partition coefficient (Wildman–Crippen LogP) is 4.82. The summed E-state index contributed by atoms with van der Waals surface area (Å²) in [6.07, 6.45) is 5.70. The molecule has 0 unspecified atom stereocenters. The number of urea groups is 1. The van der Waals surface area contributed by atoms with Crippen LogP contribution in [0.1, 0.15) is 31.2 Å². The molecule has 0 aromatic heterocycles. The summed E-state index contributed by atoms with van der Waals surface area (Å²) < 4.78 is 26.1. The maximum atomic E-state index is 13.2. The topological polar surface area (TPSA) is 44.4 Å². The lowest BCUT2D eigenvalue weighted by Gasteiger charge is -2.50. The van der Waals surface area contributed by atoms with E-state index in [9.17, 15) is 13.6 Å². The number of piperidine rings is 2. The number of carbonyl (C=O) groups excluding carboxylic acids is 1. The third kappa shape index (κ3) is 5.36. The molecule has 1 aliphatic carbocycles. The third-order valence-electron chi connectivity index (χ3n) is 6.43. The van der Waals surface area contributed by atoms with Gasteiger partial charge in [0.25, 0.3) is 0 Å². The molecule has 3 aliphatic rings. The third-order valence-corrected chi connectivity index (χ3v) is 6.43. The molecule has 1 saturated carbocycles. The number of carbonyl (C=O) groups is 1. The second-order valence-electron chi connectivity index (χ2n) is 8.57. The lowest BCUT2D eigenvalue weighted by molar-refractivity contribution is 0.000976. The first-order chi connectivity index (χ1) is 14.6. The normalized spacial score (nSPS) is 23.3. The van der Waals surface area contributed by atoms with Crippen molar-refractivity contribution >= 4 is 11.7 Å². The highest BCUT2D eigenvalue weighted by atomic mass is 19.1. The minimum absolute atomic E-state index is 0.179. The molecule has 2 amide bonds. The molecule has 2 aliphatic heterocycles. The number of rotatable bonds is 7. The molecule has 0 radical (unpaired) electrons. The minimum atomic E-state index is -0.325. The predicted molar refractivity (Wildman–Crippen MR) is 114 cm³/mol. The molecule has 2 heterocycles. The molecule has 160 valence electrons. The Bertz CT molecular complexity index is 841. The zero-order chi connectivity index (χ0) is 20.9. The van der Waals surface area contributed by atoms with E-state index in [1.54, 1.807) is 24.3 Å². The first kappa shape index (κ1) is 20.8. The largest absolute Gasteiger partial charge is 0.338 e. The van der Waals surface area contributed by atoms with Crippen molar-refractivity contribution in [3.05, 3.63) is 65.7 Å². The van der Waals surface area contributed by atoms with Crippen molar-refractivity contribution < 1.29 is 13.6 Å². The monoisotopic (exact) mass is 413 g/mol. The van der Waals surface area contributed by atoms with Gasteiger partial charge in [0.15, 0.2) is 0 Å². The van der Waals surface area contributed by atoms with Gasteiger partial charge in [-0.05, 0) is 85.9 Å². The Balaban J connectivity index is 1.22. The van der Waals surface area contributed by atoms with Crippen LogP contribution in [-0.4, -0.2) is 36.6 Å². The molecule has 2 N–H and O–H groups in total. The van der Waals surface area contributed by atoms with Crippen molar-refractivity contribution in [2.75, 3.05) is 25.0 Å². The fraction of sp³-hybridized carbons (Fsp3) is 0.458. The molecule has 5 rings (SSSR count). The summed E-state index contributed by atoms with van der Waals surface area (Å²) in [5, 5.41) is 5.60. The van der Waals surface area contributed by atoms with Gasteiger partial charge in [-0.1, -0.05) is 12.1 Å². The average Bonchev–Trinajstić information content (AvgIpc) is 2.75. The zero-order valence-corrected chi connectivity index (χ0v) is 17.1. The summed E-state index contributed by atoms with van der Waals surface area (Å²) in [4.78, 5) is 14.6. The number of hydrogen-bond donors (Lipinski definition) is 2. The van der Waals surface area contributed by atoms with E-state index < -0.39 is 0 Å². The van der Waals surface area contributed by atoms with E-state index >= 15 is 0 Å². The Kier molecular flexibility index (Phi) is 6.62. The Morgan fingerprint density at radius 1 is 1.00 bits per heavy atom. The number of nitrogens with zero attached hydrogens (tertiary/aromatic N) is 1. The molecule has 30 heavy (non-hydrogen) atoms. The highest BCUT2D eigenvalue weighted by Crippen LogP contribution is 2.40. The van der Waals surface area contributed by atoms with Crippen LogP contribution in [0, 0.1) is 23.5 Å². The van der Waals surface area contributed by atoms with Crippen LogP contribution < -0.4 is 10.6 Å². The number of fused-ring (bicyclic) bond motifs is 3. The second-order valence-corrected chi connectivity index (χ2v) is 8.57. The second kappa shape index (κ2) is 9.56. The number of hydrogen-bond acceptors (Lipinski definition) is 2. The quantitative estimate of drug-likeness (QED) is 0.639. The van der Waals surface area contributed by atoms with E-state index in [4.69, 9.17) is 0 Å². The highest BCUT2D eigenvalue weighted by Gasteiger charge is 2.40. The molecular formula is C24H29F2N3O. The molecule has 2 aromatic carbocycles. The molecule has 2 aromatic rings. The van der Waals surface area contributed by atoms with Gasteiger partial charge in [0.05, 0.1) is 0 Å². The first-order valence-electron chi connectivity index (χ1n) is 10.9. The van der Waals surface area contributed by atoms with Gasteiger partial charge in [0.1, 0.15) is 11.6 Å². The maximum Gasteiger partial charge on any atom is 0.319 e. The summed E-state index contributed by atoms with van der Waals surface area (Å²) >= 11 is 0. The van der Waals surface area contributed by atoms with Gasteiger partial charge in [-0.15, -0.1) is 0 Å². The molecule has 3 fully saturated rings. The lowest BCUT2D eigenvalue weighted by Crippen LogP contribution is -2.54. The van der Waals surface area contributed by atoms with Crippen LogP contribution in [0.3, 0.4) is 0 Å². The van der Waals surface area contributed by atoms with Crippen LogP contribution in [0.15, 0.2) is 48.5 Å². The molecule has 0 spiro atoms. The summed E-state index contributed by atoms with van der Waals surface area (Å²) in [5.41, 5.74) is 1.79. The molecule has 6 heteroatoms. The molecule has 2 saturated heterocycles. The lowest BCUT2D eigenvalue weighted by atomic mass is 9.70. The highest BCUT2D eigenvalue weighted by molar-refractivity contribution is 5.89. The SMILES string of the molecule is O=C(NCCCN1C[C@H]2CC[C@H]1[C@H](Cc1ccc(F)cc1)C2)Nc1ccc(F)cc1. The molecule has 3 atom stereocenters. The van der Waals surface area contributed by atoms with Crippen LogP contribution in [0.2, 0.25) is 0 Å². The molecule has 4 nitrogen and oxygen atoms in total. The van der Waals surface area contributed by atoms with Crippen LogP contribution in [0.4, 0.5) is 19.3 Å². The van der Waals surface area contributed by atoms with Gasteiger partial charge in [0.2, 0.25) is 0 Å². The van der Waals surface area contributed by atoms with Crippen LogP contribution >= 0.6 is 0 Å². The molecule has 2 bridgehead atoms. The standard InChI is InChI=1S/C24H29F2N3O/c25-20-5-2-17(3-6-20)14-19-15-18-4-11-23(19)29(16-18)13-1-12-27-24(30)28-22-9-7-21(26)8-10-22/h2-3,5-10,18-19,23H,1,4,11-16H2,(H2,27,28,30)/t18-,19+,23-/m0/s1. The van der Waals surface area contributed by atoms with Crippen molar-refractivity contribution in [1.82, 2.24) is 10.2 Å². The number of benzene rings is 2. The van der Waals surface area contributed by atoms with Crippen LogP contribution in [0.25, 0.3) is 0 Å². The van der Waals surface area contributed by atoms with E-state index in [0.29, 0.717) is 24.2 Å². The summed E-state index contributed by atoms with van der Waals surface area (Å²) in [6, 6.07) is 13.0. The fourth-order valence-corrected chi connectivity index (χ4v) is 5.05. The van der Waals surface area contributed by atoms with E-state index in [2.05, 4.69) is 15.5 Å². The Hall–Kier alpha value is -2.47. The summed E-state index contributed by atoms with van der Waals surface area (Å²) in [5.74, 6) is 0.865. The van der Waals surface area contributed by atoms with Crippen molar-refractivity contribution in [2.45, 2.75) is 38.1 Å². The number of anilines is 1. The van der Waals surface area contributed by atoms with Crippen molar-refractivity contribution in [3.8, 4) is 0 Å². The smallest absolute Gasteiger partial charge is 0.319 e. The number of nitrogens with one attached hydrogen (secondary N) is 2. The maximum absolute atomic E-state index is 13.2. The van der Waals surface area contributed by atoms with Gasteiger partial charge < -0.3 is 10.6 Å². The van der Waals surface area contributed by atoms with E-state index in [-0.39, 0.29) is 17.7 Å². The van der Waals surface area contributed by atoms with Gasteiger partial charge >= 0.3 is 6.03 Å². The van der Waals surface area contributed by atoms with Crippen molar-refractivity contribution in [1.29, 1.82) is 0 Å². The fourth-order valence-electron chi connectivity index (χ4n) is 5.05. The van der Waals surface area contributed by atoms with Gasteiger partial charge in [-0.25, -0.2) is 13.6 Å². The van der Waals surface area contributed by atoms with Gasteiger partial charge in [-0.2, -0.15) is 0 Å². The van der Waals surface area contributed by atoms with Crippen LogP contribution in [-0.2, 0) is 6.42 Å². The molecular weight excluding hydrogens is 384 g/mol. The number of amides is 2. The Morgan fingerprint density at radius 3 is 2.40 bits per heavy atom. The van der Waals surface area contributed by atoms with E-state index in [1.807, 2.05) is 12.1 Å². The van der Waals surface area contributed by atoms with Gasteiger partial charge in [0, 0.05) is 31.4 Å². The Labute approximate surface area is 176 Å². The van der Waals surface area contributed by atoms with E-state index in [1.165, 1.54) is 37.0 Å². The number of halogens is 2. The Morgan fingerprint density at radius 2 is 1.70 bits per heavy atom. The summed E-state index contributed by atoms with van der Waals surface area (Å²) in [6.45, 7) is 2.72. The van der Waals surface area contributed by atoms with Crippen LogP contribution in [0.5, 0.6) is 0 Å². The average molecular weight is 414 g/mol.